The van der Waals surface area contributed by atoms with Crippen molar-refractivity contribution in [2.24, 2.45) is 0 Å². The molecule has 2 aromatic carbocycles. The van der Waals surface area contributed by atoms with Crippen LogP contribution in [0.2, 0.25) is 5.02 Å². The third kappa shape index (κ3) is 1.90. The topological polar surface area (TPSA) is 40.5 Å². The molecule has 0 atom stereocenters. The van der Waals surface area contributed by atoms with Crippen molar-refractivity contribution >= 4 is 11.6 Å². The van der Waals surface area contributed by atoms with E-state index in [2.05, 4.69) is 0 Å². The van der Waals surface area contributed by atoms with Gasteiger partial charge in [-0.15, -0.1) is 0 Å². The minimum absolute atomic E-state index is 0.0133. The zero-order valence-electron chi connectivity index (χ0n) is 7.81. The number of halogens is 1. The van der Waals surface area contributed by atoms with E-state index in [0.717, 1.165) is 5.56 Å². The summed E-state index contributed by atoms with van der Waals surface area (Å²) in [4.78, 5) is 0. The van der Waals surface area contributed by atoms with E-state index in [9.17, 15) is 10.2 Å². The maximum atomic E-state index is 9.73. The van der Waals surface area contributed by atoms with Gasteiger partial charge in [0.2, 0.25) is 0 Å². The van der Waals surface area contributed by atoms with E-state index in [1.165, 1.54) is 12.1 Å². The van der Waals surface area contributed by atoms with Crippen LogP contribution in [0.4, 0.5) is 0 Å². The van der Waals surface area contributed by atoms with Crippen LogP contribution < -0.4 is 0 Å². The molecule has 0 aliphatic heterocycles. The Balaban J connectivity index is 2.63. The molecule has 0 aliphatic rings. The van der Waals surface area contributed by atoms with E-state index in [1.54, 1.807) is 0 Å². The molecule has 0 aromatic heterocycles. The van der Waals surface area contributed by atoms with Gasteiger partial charge in [-0.25, -0.2) is 0 Å². The lowest BCUT2D eigenvalue weighted by Gasteiger charge is -2.06. The van der Waals surface area contributed by atoms with E-state index in [0.29, 0.717) is 5.56 Å². The minimum atomic E-state index is -0.0133. The number of phenols is 2. The van der Waals surface area contributed by atoms with Crippen LogP contribution in [-0.2, 0) is 0 Å². The normalized spacial score (nSPS) is 10.2. The molecule has 3 heteroatoms. The van der Waals surface area contributed by atoms with E-state index < -0.39 is 0 Å². The highest BCUT2D eigenvalue weighted by Gasteiger charge is 2.09. The molecule has 0 unspecified atom stereocenters. The van der Waals surface area contributed by atoms with E-state index >= 15 is 0 Å². The highest BCUT2D eigenvalue weighted by molar-refractivity contribution is 6.32. The minimum Gasteiger partial charge on any atom is -0.508 e. The van der Waals surface area contributed by atoms with Crippen molar-refractivity contribution in [3.8, 4) is 22.6 Å². The quantitative estimate of drug-likeness (QED) is 0.723. The Morgan fingerprint density at radius 1 is 0.933 bits per heavy atom. The van der Waals surface area contributed by atoms with Gasteiger partial charge in [-0.1, -0.05) is 41.9 Å². The van der Waals surface area contributed by atoms with Crippen molar-refractivity contribution in [2.75, 3.05) is 0 Å². The van der Waals surface area contributed by atoms with Crippen LogP contribution in [0.3, 0.4) is 0 Å². The van der Waals surface area contributed by atoms with Gasteiger partial charge in [-0.05, 0) is 11.6 Å². The molecule has 0 saturated heterocycles. The molecule has 0 saturated carbocycles. The fraction of sp³-hybridized carbons (Fsp3) is 0. The lowest BCUT2D eigenvalue weighted by Crippen LogP contribution is -1.80. The first kappa shape index (κ1) is 9.87. The Labute approximate surface area is 92.4 Å². The van der Waals surface area contributed by atoms with Crippen molar-refractivity contribution in [3.63, 3.8) is 0 Å². The maximum Gasteiger partial charge on any atom is 0.142 e. The van der Waals surface area contributed by atoms with E-state index in [1.807, 2.05) is 30.3 Å². The van der Waals surface area contributed by atoms with Crippen molar-refractivity contribution in [3.05, 3.63) is 47.5 Å². The van der Waals surface area contributed by atoms with Crippen LogP contribution in [0.1, 0.15) is 0 Å². The summed E-state index contributed by atoms with van der Waals surface area (Å²) in [6.45, 7) is 0. The molecule has 76 valence electrons. The second-order valence-corrected chi connectivity index (χ2v) is 3.60. The maximum absolute atomic E-state index is 9.73. The van der Waals surface area contributed by atoms with Crippen LogP contribution in [0.5, 0.6) is 11.5 Å². The third-order valence-electron chi connectivity index (χ3n) is 2.13. The van der Waals surface area contributed by atoms with Gasteiger partial charge in [0.25, 0.3) is 0 Å². The molecule has 0 aliphatic carbocycles. The molecule has 2 aromatic rings. The highest BCUT2D eigenvalue weighted by Crippen LogP contribution is 2.38. The SMILES string of the molecule is Oc1cc(Cl)c(O)c(-c2ccccc2)c1. The van der Waals surface area contributed by atoms with Gasteiger partial charge >= 0.3 is 0 Å². The standard InChI is InChI=1S/C12H9ClO2/c13-11-7-9(14)6-10(12(11)15)8-4-2-1-3-5-8/h1-7,14-15H. The monoisotopic (exact) mass is 220 g/mol. The fourth-order valence-electron chi connectivity index (χ4n) is 1.42. The summed E-state index contributed by atoms with van der Waals surface area (Å²) in [6.07, 6.45) is 0. The number of hydrogen-bond acceptors (Lipinski definition) is 2. The summed E-state index contributed by atoms with van der Waals surface area (Å²) in [7, 11) is 0. The molecule has 0 amide bonds. The van der Waals surface area contributed by atoms with Crippen LogP contribution in [0.25, 0.3) is 11.1 Å². The molecule has 2 N–H and O–H groups in total. The molecular weight excluding hydrogens is 212 g/mol. The van der Waals surface area contributed by atoms with Crippen molar-refractivity contribution in [1.82, 2.24) is 0 Å². The molecule has 0 spiro atoms. The molecule has 0 radical (unpaired) electrons. The Morgan fingerprint density at radius 3 is 2.27 bits per heavy atom. The predicted octanol–water partition coefficient (Wildman–Crippen LogP) is 3.42. The molecule has 0 heterocycles. The molecular formula is C12H9ClO2. The lowest BCUT2D eigenvalue weighted by molar-refractivity contribution is 0.462. The Morgan fingerprint density at radius 2 is 1.60 bits per heavy atom. The summed E-state index contributed by atoms with van der Waals surface area (Å²) in [5.41, 5.74) is 1.34. The van der Waals surface area contributed by atoms with Crippen LogP contribution in [-0.4, -0.2) is 10.2 Å². The summed E-state index contributed by atoms with van der Waals surface area (Å²) in [5, 5.41) is 19.3. The zero-order valence-corrected chi connectivity index (χ0v) is 8.57. The lowest BCUT2D eigenvalue weighted by atomic mass is 10.0. The highest BCUT2D eigenvalue weighted by atomic mass is 35.5. The predicted molar refractivity (Wildman–Crippen MR) is 60.2 cm³/mol. The third-order valence-corrected chi connectivity index (χ3v) is 2.42. The summed E-state index contributed by atoms with van der Waals surface area (Å²) in [5.74, 6) is 0.0253. The molecule has 15 heavy (non-hydrogen) atoms. The number of aromatic hydroxyl groups is 2. The first-order chi connectivity index (χ1) is 7.18. The number of rotatable bonds is 1. The average Bonchev–Trinajstić information content (AvgIpc) is 2.24. The van der Waals surface area contributed by atoms with Crippen molar-refractivity contribution in [2.45, 2.75) is 0 Å². The Bertz CT molecular complexity index is 480. The van der Waals surface area contributed by atoms with Crippen LogP contribution in [0.15, 0.2) is 42.5 Å². The second kappa shape index (κ2) is 3.83. The van der Waals surface area contributed by atoms with Gasteiger partial charge in [-0.3, -0.25) is 0 Å². The molecule has 2 nitrogen and oxygen atoms in total. The first-order valence-electron chi connectivity index (χ1n) is 4.45. The first-order valence-corrected chi connectivity index (χ1v) is 4.83. The van der Waals surface area contributed by atoms with Gasteiger partial charge in [0, 0.05) is 11.6 Å². The number of benzene rings is 2. The van der Waals surface area contributed by atoms with E-state index in [4.69, 9.17) is 11.6 Å². The summed E-state index contributed by atoms with van der Waals surface area (Å²) < 4.78 is 0. The molecule has 2 rings (SSSR count). The number of phenolic OH excluding ortho intramolecular Hbond substituents is 2. The van der Waals surface area contributed by atoms with Gasteiger partial charge in [0.05, 0.1) is 5.02 Å². The van der Waals surface area contributed by atoms with Crippen molar-refractivity contribution < 1.29 is 10.2 Å². The molecule has 0 fully saturated rings. The number of hydrogen-bond donors (Lipinski definition) is 2. The van der Waals surface area contributed by atoms with Gasteiger partial charge in [-0.2, -0.15) is 0 Å². The zero-order chi connectivity index (χ0) is 10.8. The second-order valence-electron chi connectivity index (χ2n) is 3.19. The van der Waals surface area contributed by atoms with Crippen LogP contribution in [0, 0.1) is 0 Å². The van der Waals surface area contributed by atoms with E-state index in [-0.39, 0.29) is 16.5 Å². The molecule has 0 bridgehead atoms. The average molecular weight is 221 g/mol. The van der Waals surface area contributed by atoms with Crippen LogP contribution >= 0.6 is 11.6 Å². The largest absolute Gasteiger partial charge is 0.508 e. The van der Waals surface area contributed by atoms with Gasteiger partial charge in [0.1, 0.15) is 11.5 Å². The summed E-state index contributed by atoms with van der Waals surface area (Å²) >= 11 is 5.76. The van der Waals surface area contributed by atoms with Gasteiger partial charge < -0.3 is 10.2 Å². The Kier molecular flexibility index (Phi) is 2.52. The van der Waals surface area contributed by atoms with Crippen molar-refractivity contribution in [1.29, 1.82) is 0 Å². The fourth-order valence-corrected chi connectivity index (χ4v) is 1.64. The smallest absolute Gasteiger partial charge is 0.142 e. The summed E-state index contributed by atoms with van der Waals surface area (Å²) in [6, 6.07) is 12.1. The Hall–Kier alpha value is -1.67. The van der Waals surface area contributed by atoms with Gasteiger partial charge in [0.15, 0.2) is 0 Å².